The van der Waals surface area contributed by atoms with Crippen molar-refractivity contribution >= 4 is 44.5 Å². The first kappa shape index (κ1) is 20.6. The van der Waals surface area contributed by atoms with Gasteiger partial charge in [-0.15, -0.1) is 22.7 Å². The number of rotatable bonds is 8. The molecule has 0 aliphatic rings. The van der Waals surface area contributed by atoms with Crippen LogP contribution in [0.3, 0.4) is 0 Å². The van der Waals surface area contributed by atoms with Crippen molar-refractivity contribution in [2.45, 2.75) is 26.3 Å². The highest BCUT2D eigenvalue weighted by atomic mass is 32.1. The fourth-order valence-corrected chi connectivity index (χ4v) is 3.82. The summed E-state index contributed by atoms with van der Waals surface area (Å²) in [4.78, 5) is 26.5. The van der Waals surface area contributed by atoms with Gasteiger partial charge in [0.15, 0.2) is 0 Å². The van der Waals surface area contributed by atoms with Gasteiger partial charge >= 0.3 is 0 Å². The van der Waals surface area contributed by atoms with Crippen LogP contribution in [0.5, 0.6) is 0 Å². The Kier molecular flexibility index (Phi) is 7.50. The van der Waals surface area contributed by atoms with Crippen LogP contribution in [0.2, 0.25) is 0 Å². The highest BCUT2D eigenvalue weighted by molar-refractivity contribution is 7.14. The second-order valence-electron chi connectivity index (χ2n) is 5.81. The second-order valence-corrected chi connectivity index (χ2v) is 7.64. The molecule has 2 aromatic heterocycles. The van der Waals surface area contributed by atoms with Gasteiger partial charge < -0.3 is 10.6 Å². The van der Waals surface area contributed by atoms with Gasteiger partial charge in [-0.2, -0.15) is 10.5 Å². The number of carbonyl (C=O) groups is 2. The monoisotopic (exact) mass is 401 g/mol. The first-order valence-electron chi connectivity index (χ1n) is 8.27. The van der Waals surface area contributed by atoms with Crippen LogP contribution < -0.4 is 10.6 Å². The lowest BCUT2D eigenvalue weighted by atomic mass is 10.2. The van der Waals surface area contributed by atoms with E-state index < -0.39 is 0 Å². The molecule has 0 spiro atoms. The van der Waals surface area contributed by atoms with Crippen LogP contribution in [0.4, 0.5) is 10.0 Å². The SMILES string of the molecule is CCC(C)N(CC(=O)Nc1sccc1C#N)CC(=O)Nc1sccc1C#N. The van der Waals surface area contributed by atoms with Gasteiger partial charge in [0, 0.05) is 6.04 Å². The molecule has 2 N–H and O–H groups in total. The van der Waals surface area contributed by atoms with E-state index in [0.29, 0.717) is 21.1 Å². The van der Waals surface area contributed by atoms with E-state index in [-0.39, 0.29) is 30.9 Å². The lowest BCUT2D eigenvalue weighted by Crippen LogP contribution is -2.43. The van der Waals surface area contributed by atoms with Gasteiger partial charge in [-0.1, -0.05) is 6.92 Å². The molecule has 0 saturated carbocycles. The Hall–Kier alpha value is -2.72. The van der Waals surface area contributed by atoms with Gasteiger partial charge in [0.1, 0.15) is 22.1 Å². The summed E-state index contributed by atoms with van der Waals surface area (Å²) in [7, 11) is 0. The van der Waals surface area contributed by atoms with E-state index in [4.69, 9.17) is 10.5 Å². The van der Waals surface area contributed by atoms with Gasteiger partial charge in [0.2, 0.25) is 11.8 Å². The molecule has 0 aliphatic heterocycles. The molecule has 2 heterocycles. The first-order chi connectivity index (χ1) is 13.0. The van der Waals surface area contributed by atoms with Gasteiger partial charge in [-0.25, -0.2) is 0 Å². The topological polar surface area (TPSA) is 109 Å². The number of nitrogens with zero attached hydrogens (tertiary/aromatic N) is 3. The molecule has 0 fully saturated rings. The van der Waals surface area contributed by atoms with Crippen molar-refractivity contribution in [3.05, 3.63) is 34.0 Å². The van der Waals surface area contributed by atoms with Crippen molar-refractivity contribution in [3.63, 3.8) is 0 Å². The molecule has 0 radical (unpaired) electrons. The van der Waals surface area contributed by atoms with Gasteiger partial charge in [0.25, 0.3) is 0 Å². The third kappa shape index (κ3) is 5.63. The minimum Gasteiger partial charge on any atom is -0.315 e. The quantitative estimate of drug-likeness (QED) is 0.706. The third-order valence-electron chi connectivity index (χ3n) is 3.98. The predicted molar refractivity (Wildman–Crippen MR) is 107 cm³/mol. The minimum absolute atomic E-state index is 0.0130. The summed E-state index contributed by atoms with van der Waals surface area (Å²) in [6.07, 6.45) is 0.769. The summed E-state index contributed by atoms with van der Waals surface area (Å²) in [6, 6.07) is 7.36. The zero-order valence-electron chi connectivity index (χ0n) is 15.0. The van der Waals surface area contributed by atoms with Crippen molar-refractivity contribution in [1.82, 2.24) is 4.90 Å². The van der Waals surface area contributed by atoms with E-state index in [2.05, 4.69) is 10.6 Å². The molecule has 9 heteroatoms. The number of anilines is 2. The molecule has 2 aromatic rings. The summed E-state index contributed by atoms with van der Waals surface area (Å²) in [5, 5.41) is 28.0. The maximum absolute atomic E-state index is 12.4. The van der Waals surface area contributed by atoms with E-state index in [0.717, 1.165) is 6.42 Å². The average Bonchev–Trinajstić information content (AvgIpc) is 3.28. The lowest BCUT2D eigenvalue weighted by molar-refractivity contribution is -0.120. The van der Waals surface area contributed by atoms with Crippen LogP contribution in [-0.4, -0.2) is 35.8 Å². The number of thiophene rings is 2. The van der Waals surface area contributed by atoms with Crippen molar-refractivity contribution < 1.29 is 9.59 Å². The third-order valence-corrected chi connectivity index (χ3v) is 5.64. The molecule has 1 unspecified atom stereocenters. The molecule has 0 saturated heterocycles. The van der Waals surface area contributed by atoms with Crippen LogP contribution in [0.1, 0.15) is 31.4 Å². The van der Waals surface area contributed by atoms with E-state index in [1.165, 1.54) is 22.7 Å². The normalized spacial score (nSPS) is 11.4. The van der Waals surface area contributed by atoms with Gasteiger partial charge in [-0.3, -0.25) is 14.5 Å². The summed E-state index contributed by atoms with van der Waals surface area (Å²) >= 11 is 2.57. The second kappa shape index (κ2) is 9.83. The fourth-order valence-electron chi connectivity index (χ4n) is 2.32. The van der Waals surface area contributed by atoms with Crippen LogP contribution in [0, 0.1) is 22.7 Å². The van der Waals surface area contributed by atoms with Gasteiger partial charge in [0.05, 0.1) is 24.2 Å². The highest BCUT2D eigenvalue weighted by Gasteiger charge is 2.21. The zero-order valence-corrected chi connectivity index (χ0v) is 16.6. The molecule has 1 atom stereocenters. The zero-order chi connectivity index (χ0) is 19.8. The van der Waals surface area contributed by atoms with Crippen LogP contribution in [0.25, 0.3) is 0 Å². The molecule has 7 nitrogen and oxygen atoms in total. The predicted octanol–water partition coefficient (Wildman–Crippen LogP) is 3.23. The van der Waals surface area contributed by atoms with E-state index >= 15 is 0 Å². The molecule has 0 aliphatic carbocycles. The average molecular weight is 402 g/mol. The highest BCUT2D eigenvalue weighted by Crippen LogP contribution is 2.23. The number of hydrogen-bond acceptors (Lipinski definition) is 7. The maximum atomic E-state index is 12.4. The Morgan fingerprint density at radius 2 is 1.48 bits per heavy atom. The van der Waals surface area contributed by atoms with Crippen molar-refractivity contribution in [3.8, 4) is 12.1 Å². The Balaban J connectivity index is 2.00. The molecule has 2 amide bonds. The minimum atomic E-state index is -0.282. The van der Waals surface area contributed by atoms with Crippen LogP contribution >= 0.6 is 22.7 Å². The Bertz CT molecular complexity index is 822. The maximum Gasteiger partial charge on any atom is 0.239 e. The number of nitrogens with one attached hydrogen (secondary N) is 2. The van der Waals surface area contributed by atoms with Crippen LogP contribution in [0.15, 0.2) is 22.9 Å². The number of nitriles is 2. The molecule has 27 heavy (non-hydrogen) atoms. The molecule has 0 aromatic carbocycles. The van der Waals surface area contributed by atoms with Crippen molar-refractivity contribution in [1.29, 1.82) is 10.5 Å². The summed E-state index contributed by atoms with van der Waals surface area (Å²) in [6.45, 7) is 3.98. The number of carbonyl (C=O) groups excluding carboxylic acids is 2. The Labute approximate surface area is 165 Å². The molecular weight excluding hydrogens is 382 g/mol. The van der Waals surface area contributed by atoms with Crippen molar-refractivity contribution in [2.75, 3.05) is 23.7 Å². The summed E-state index contributed by atoms with van der Waals surface area (Å²) in [5.74, 6) is -0.563. The van der Waals surface area contributed by atoms with E-state index in [9.17, 15) is 9.59 Å². The Morgan fingerprint density at radius 3 is 1.85 bits per heavy atom. The number of hydrogen-bond donors (Lipinski definition) is 2. The summed E-state index contributed by atoms with van der Waals surface area (Å²) in [5.41, 5.74) is 0.839. The molecule has 140 valence electrons. The lowest BCUT2D eigenvalue weighted by Gasteiger charge is -2.27. The molecule has 0 bridgehead atoms. The van der Waals surface area contributed by atoms with Gasteiger partial charge in [-0.05, 0) is 36.2 Å². The largest absolute Gasteiger partial charge is 0.315 e. The molecule has 2 rings (SSSR count). The standard InChI is InChI=1S/C18H19N5O2S2/c1-3-12(2)23(10-15(24)21-17-13(8-19)4-6-26-17)11-16(25)22-18-14(9-20)5-7-27-18/h4-7,12H,3,10-11H2,1-2H3,(H,21,24)(H,22,25). The van der Waals surface area contributed by atoms with Crippen molar-refractivity contribution in [2.24, 2.45) is 0 Å². The fraction of sp³-hybridized carbons (Fsp3) is 0.333. The first-order valence-corrected chi connectivity index (χ1v) is 10.0. The Morgan fingerprint density at radius 1 is 1.04 bits per heavy atom. The molecular formula is C18H19N5O2S2. The van der Waals surface area contributed by atoms with E-state index in [1.54, 1.807) is 27.8 Å². The number of amides is 2. The summed E-state index contributed by atoms with van der Waals surface area (Å²) < 4.78 is 0. The van der Waals surface area contributed by atoms with E-state index in [1.807, 2.05) is 26.0 Å². The smallest absolute Gasteiger partial charge is 0.239 e. The van der Waals surface area contributed by atoms with Crippen LogP contribution in [-0.2, 0) is 9.59 Å².